The van der Waals surface area contributed by atoms with Crippen molar-refractivity contribution in [3.05, 3.63) is 0 Å². The fourth-order valence-electron chi connectivity index (χ4n) is 2.45. The molecule has 0 aliphatic heterocycles. The highest BCUT2D eigenvalue weighted by Gasteiger charge is 2.28. The van der Waals surface area contributed by atoms with Crippen LogP contribution in [0.2, 0.25) is 0 Å². The van der Waals surface area contributed by atoms with Crippen molar-refractivity contribution >= 4 is 21.6 Å². The van der Waals surface area contributed by atoms with E-state index >= 15 is 0 Å². The smallest absolute Gasteiger partial charge is 0.148 e. The second-order valence-electron chi connectivity index (χ2n) is 5.02. The van der Waals surface area contributed by atoms with E-state index in [1.807, 2.05) is 18.8 Å². The summed E-state index contributed by atoms with van der Waals surface area (Å²) >= 11 is 1.83. The highest BCUT2D eigenvalue weighted by molar-refractivity contribution is 8.01. The Morgan fingerprint density at radius 1 is 1.35 bits per heavy atom. The summed E-state index contributed by atoms with van der Waals surface area (Å²) in [5.74, 6) is 1.87. The average molecular weight is 279 g/mol. The SMILES string of the molecule is CCC1CCC(NC)C(SCCS(C)(=O)=O)C1. The second kappa shape index (κ2) is 7.00. The Bertz CT molecular complexity index is 316. The first-order valence-electron chi connectivity index (χ1n) is 6.42. The first-order chi connectivity index (χ1) is 7.96. The zero-order valence-electron chi connectivity index (χ0n) is 11.1. The van der Waals surface area contributed by atoms with E-state index in [2.05, 4.69) is 12.2 Å². The van der Waals surface area contributed by atoms with E-state index in [1.165, 1.54) is 31.9 Å². The highest BCUT2D eigenvalue weighted by atomic mass is 32.2. The maximum Gasteiger partial charge on any atom is 0.148 e. The predicted molar refractivity (Wildman–Crippen MR) is 76.4 cm³/mol. The summed E-state index contributed by atoms with van der Waals surface area (Å²) < 4.78 is 22.2. The summed E-state index contributed by atoms with van der Waals surface area (Å²) in [6.07, 6.45) is 6.34. The molecule has 102 valence electrons. The molecule has 0 aromatic carbocycles. The van der Waals surface area contributed by atoms with Crippen LogP contribution in [-0.2, 0) is 9.84 Å². The topological polar surface area (TPSA) is 46.2 Å². The van der Waals surface area contributed by atoms with Crippen molar-refractivity contribution < 1.29 is 8.42 Å². The van der Waals surface area contributed by atoms with Crippen LogP contribution in [0.5, 0.6) is 0 Å². The average Bonchev–Trinajstić information content (AvgIpc) is 2.27. The monoisotopic (exact) mass is 279 g/mol. The number of rotatable bonds is 6. The first kappa shape index (κ1) is 15.3. The molecule has 1 saturated carbocycles. The molecule has 0 amide bonds. The normalized spacial score (nSPS) is 30.4. The second-order valence-corrected chi connectivity index (χ2v) is 8.63. The quantitative estimate of drug-likeness (QED) is 0.807. The summed E-state index contributed by atoms with van der Waals surface area (Å²) in [6, 6.07) is 0.558. The van der Waals surface area contributed by atoms with Gasteiger partial charge in [0, 0.05) is 23.3 Å². The summed E-state index contributed by atoms with van der Waals surface area (Å²) in [5.41, 5.74) is 0. The Balaban J connectivity index is 2.41. The van der Waals surface area contributed by atoms with Crippen LogP contribution in [0, 0.1) is 5.92 Å². The third-order valence-electron chi connectivity index (χ3n) is 3.63. The summed E-state index contributed by atoms with van der Waals surface area (Å²) in [7, 11) is -0.795. The molecule has 17 heavy (non-hydrogen) atoms. The van der Waals surface area contributed by atoms with Crippen molar-refractivity contribution in [3.63, 3.8) is 0 Å². The lowest BCUT2D eigenvalue weighted by Crippen LogP contribution is -2.41. The van der Waals surface area contributed by atoms with Crippen LogP contribution in [0.15, 0.2) is 0 Å². The van der Waals surface area contributed by atoms with Crippen LogP contribution < -0.4 is 5.32 Å². The molecule has 0 heterocycles. The fraction of sp³-hybridized carbons (Fsp3) is 1.00. The standard InChI is InChI=1S/C12H25NO2S2/c1-4-10-5-6-11(13-2)12(9-10)16-7-8-17(3,14)15/h10-13H,4-9H2,1-3H3. The molecule has 1 aliphatic carbocycles. The van der Waals surface area contributed by atoms with Crippen LogP contribution in [0.1, 0.15) is 32.6 Å². The fourth-order valence-corrected chi connectivity index (χ4v) is 5.26. The summed E-state index contributed by atoms with van der Waals surface area (Å²) in [4.78, 5) is 0. The molecular formula is C12H25NO2S2. The largest absolute Gasteiger partial charge is 0.316 e. The first-order valence-corrected chi connectivity index (χ1v) is 9.53. The van der Waals surface area contributed by atoms with E-state index in [1.54, 1.807) is 0 Å². The van der Waals surface area contributed by atoms with Gasteiger partial charge in [-0.05, 0) is 32.2 Å². The zero-order chi connectivity index (χ0) is 12.9. The predicted octanol–water partition coefficient (Wildman–Crippen LogP) is 1.93. The zero-order valence-corrected chi connectivity index (χ0v) is 12.7. The molecular weight excluding hydrogens is 254 g/mol. The van der Waals surface area contributed by atoms with Crippen molar-refractivity contribution in [1.82, 2.24) is 5.32 Å². The minimum Gasteiger partial charge on any atom is -0.316 e. The number of thioether (sulfide) groups is 1. The van der Waals surface area contributed by atoms with Gasteiger partial charge in [-0.15, -0.1) is 0 Å². The van der Waals surface area contributed by atoms with Gasteiger partial charge in [0.25, 0.3) is 0 Å². The molecule has 0 aromatic rings. The van der Waals surface area contributed by atoms with E-state index < -0.39 is 9.84 Å². The van der Waals surface area contributed by atoms with Gasteiger partial charge in [0.05, 0.1) is 5.75 Å². The molecule has 3 nitrogen and oxygen atoms in total. The van der Waals surface area contributed by atoms with Gasteiger partial charge >= 0.3 is 0 Å². The van der Waals surface area contributed by atoms with E-state index in [0.717, 1.165) is 11.7 Å². The molecule has 3 atom stereocenters. The number of hydrogen-bond acceptors (Lipinski definition) is 4. The summed E-state index contributed by atoms with van der Waals surface area (Å²) in [5, 5.41) is 3.96. The molecule has 1 fully saturated rings. The van der Waals surface area contributed by atoms with Gasteiger partial charge in [0.15, 0.2) is 0 Å². The Kier molecular flexibility index (Phi) is 6.31. The number of hydrogen-bond donors (Lipinski definition) is 1. The molecule has 0 spiro atoms. The van der Waals surface area contributed by atoms with Gasteiger partial charge < -0.3 is 5.32 Å². The van der Waals surface area contributed by atoms with Gasteiger partial charge in [-0.3, -0.25) is 0 Å². The van der Waals surface area contributed by atoms with Crippen molar-refractivity contribution in [2.75, 3.05) is 24.8 Å². The van der Waals surface area contributed by atoms with Crippen molar-refractivity contribution in [1.29, 1.82) is 0 Å². The molecule has 1 rings (SSSR count). The van der Waals surface area contributed by atoms with Gasteiger partial charge in [0.1, 0.15) is 9.84 Å². The minimum absolute atomic E-state index is 0.307. The Morgan fingerprint density at radius 3 is 2.59 bits per heavy atom. The maximum atomic E-state index is 11.1. The molecule has 0 radical (unpaired) electrons. The molecule has 5 heteroatoms. The van der Waals surface area contributed by atoms with E-state index in [-0.39, 0.29) is 0 Å². The lowest BCUT2D eigenvalue weighted by molar-refractivity contribution is 0.304. The van der Waals surface area contributed by atoms with Gasteiger partial charge in [-0.25, -0.2) is 8.42 Å². The van der Waals surface area contributed by atoms with Gasteiger partial charge in [-0.1, -0.05) is 13.3 Å². The lowest BCUT2D eigenvalue weighted by Gasteiger charge is -2.35. The molecule has 0 aromatic heterocycles. The molecule has 1 aliphatic rings. The van der Waals surface area contributed by atoms with Gasteiger partial charge in [0.2, 0.25) is 0 Å². The van der Waals surface area contributed by atoms with Crippen molar-refractivity contribution in [2.45, 2.75) is 43.9 Å². The van der Waals surface area contributed by atoms with Crippen LogP contribution in [-0.4, -0.2) is 44.5 Å². The molecule has 3 unspecified atom stereocenters. The number of sulfone groups is 1. The van der Waals surface area contributed by atoms with Crippen LogP contribution in [0.4, 0.5) is 0 Å². The molecule has 1 N–H and O–H groups in total. The molecule has 0 saturated heterocycles. The Morgan fingerprint density at radius 2 is 2.06 bits per heavy atom. The van der Waals surface area contributed by atoms with Crippen LogP contribution >= 0.6 is 11.8 Å². The maximum absolute atomic E-state index is 11.1. The number of nitrogens with one attached hydrogen (secondary N) is 1. The van der Waals surface area contributed by atoms with Crippen LogP contribution in [0.3, 0.4) is 0 Å². The van der Waals surface area contributed by atoms with Crippen molar-refractivity contribution in [2.24, 2.45) is 5.92 Å². The van der Waals surface area contributed by atoms with Crippen molar-refractivity contribution in [3.8, 4) is 0 Å². The Labute approximate surface area is 110 Å². The van der Waals surface area contributed by atoms with Crippen LogP contribution in [0.25, 0.3) is 0 Å². The van der Waals surface area contributed by atoms with Gasteiger partial charge in [-0.2, -0.15) is 11.8 Å². The summed E-state index contributed by atoms with van der Waals surface area (Å²) in [6.45, 7) is 2.25. The highest BCUT2D eigenvalue weighted by Crippen LogP contribution is 2.34. The van der Waals surface area contributed by atoms with E-state index in [4.69, 9.17) is 0 Å². The minimum atomic E-state index is -2.81. The van der Waals surface area contributed by atoms with E-state index in [9.17, 15) is 8.42 Å². The van der Waals surface area contributed by atoms with E-state index in [0.29, 0.717) is 17.0 Å². The lowest BCUT2D eigenvalue weighted by atomic mass is 9.84. The third kappa shape index (κ3) is 5.62. The Hall–Kier alpha value is 0.260. The third-order valence-corrected chi connectivity index (χ3v) is 6.23. The molecule has 0 bridgehead atoms.